The lowest BCUT2D eigenvalue weighted by molar-refractivity contribution is 0.0951. The molecule has 0 atom stereocenters. The first-order chi connectivity index (χ1) is 8.15. The lowest BCUT2D eigenvalue weighted by atomic mass is 10.2. The molecule has 17 heavy (non-hydrogen) atoms. The maximum atomic E-state index is 11.8. The van der Waals surface area contributed by atoms with Crippen molar-refractivity contribution in [3.05, 3.63) is 50.4 Å². The zero-order valence-electron chi connectivity index (χ0n) is 9.24. The van der Waals surface area contributed by atoms with Crippen molar-refractivity contribution in [1.29, 1.82) is 0 Å². The van der Waals surface area contributed by atoms with E-state index in [1.807, 2.05) is 12.1 Å². The zero-order valence-corrected chi connectivity index (χ0v) is 11.6. The molecule has 0 aliphatic carbocycles. The quantitative estimate of drug-likeness (QED) is 0.885. The van der Waals surface area contributed by atoms with E-state index in [2.05, 4.69) is 33.2 Å². The average molecular weight is 311 g/mol. The van der Waals surface area contributed by atoms with Gasteiger partial charge in [0, 0.05) is 16.0 Å². The van der Waals surface area contributed by atoms with E-state index in [9.17, 15) is 4.79 Å². The Morgan fingerprint density at radius 3 is 2.82 bits per heavy atom. The molecule has 1 amide bonds. The van der Waals surface area contributed by atoms with E-state index in [1.165, 1.54) is 4.88 Å². The van der Waals surface area contributed by atoms with Crippen LogP contribution >= 0.6 is 27.3 Å². The van der Waals surface area contributed by atoms with E-state index < -0.39 is 0 Å². The predicted octanol–water partition coefficient (Wildman–Crippen LogP) is 3.14. The zero-order chi connectivity index (χ0) is 12.3. The fourth-order valence-electron chi connectivity index (χ4n) is 1.36. The summed E-state index contributed by atoms with van der Waals surface area (Å²) in [4.78, 5) is 18.2. The Labute approximate surface area is 112 Å². The van der Waals surface area contributed by atoms with E-state index >= 15 is 0 Å². The highest BCUT2D eigenvalue weighted by Crippen LogP contribution is 2.14. The molecule has 2 aromatic heterocycles. The summed E-state index contributed by atoms with van der Waals surface area (Å²) >= 11 is 4.92. The van der Waals surface area contributed by atoms with Crippen molar-refractivity contribution in [2.24, 2.45) is 0 Å². The number of aryl methyl sites for hydroxylation is 1. The van der Waals surface area contributed by atoms with E-state index in [1.54, 1.807) is 29.7 Å². The van der Waals surface area contributed by atoms with Crippen LogP contribution in [0.2, 0.25) is 0 Å². The van der Waals surface area contributed by atoms with Crippen molar-refractivity contribution >= 4 is 33.2 Å². The Kier molecular flexibility index (Phi) is 3.91. The minimum atomic E-state index is -0.101. The molecule has 2 rings (SSSR count). The van der Waals surface area contributed by atoms with Crippen molar-refractivity contribution in [2.75, 3.05) is 0 Å². The molecule has 0 bridgehead atoms. The van der Waals surface area contributed by atoms with Gasteiger partial charge >= 0.3 is 0 Å². The molecule has 1 N–H and O–H groups in total. The summed E-state index contributed by atoms with van der Waals surface area (Å²) in [7, 11) is 0. The largest absolute Gasteiger partial charge is 0.347 e. The molecule has 3 nitrogen and oxygen atoms in total. The van der Waals surface area contributed by atoms with E-state index in [4.69, 9.17) is 0 Å². The first-order valence-corrected chi connectivity index (χ1v) is 6.71. The van der Waals surface area contributed by atoms with Crippen LogP contribution in [0.4, 0.5) is 0 Å². The second kappa shape index (κ2) is 5.42. The monoisotopic (exact) mass is 310 g/mol. The van der Waals surface area contributed by atoms with Crippen molar-refractivity contribution in [2.45, 2.75) is 13.5 Å². The van der Waals surface area contributed by atoms with Crippen molar-refractivity contribution in [3.63, 3.8) is 0 Å². The number of nitrogens with zero attached hydrogens (tertiary/aromatic N) is 1. The highest BCUT2D eigenvalue weighted by atomic mass is 79.9. The number of hydrogen-bond acceptors (Lipinski definition) is 3. The molecule has 0 radical (unpaired) electrons. The lowest BCUT2D eigenvalue weighted by Gasteiger charge is -2.03. The Bertz CT molecular complexity index is 522. The third-order valence-electron chi connectivity index (χ3n) is 2.21. The first-order valence-electron chi connectivity index (χ1n) is 5.10. The second-order valence-electron chi connectivity index (χ2n) is 3.56. The molecule has 0 fully saturated rings. The maximum absolute atomic E-state index is 11.8. The third kappa shape index (κ3) is 3.38. The summed E-state index contributed by atoms with van der Waals surface area (Å²) in [5.41, 5.74) is 0.571. The summed E-state index contributed by atoms with van der Waals surface area (Å²) in [6.07, 6.45) is 1.55. The summed E-state index contributed by atoms with van der Waals surface area (Å²) in [5.74, 6) is -0.101. The fraction of sp³-hybridized carbons (Fsp3) is 0.167. The van der Waals surface area contributed by atoms with Gasteiger partial charge in [-0.25, -0.2) is 4.98 Å². The number of thiophene rings is 1. The highest BCUT2D eigenvalue weighted by Gasteiger charge is 2.06. The van der Waals surface area contributed by atoms with Crippen LogP contribution in [0, 0.1) is 6.92 Å². The first kappa shape index (κ1) is 12.3. The minimum Gasteiger partial charge on any atom is -0.347 e. The van der Waals surface area contributed by atoms with Crippen LogP contribution in [-0.2, 0) is 6.54 Å². The van der Waals surface area contributed by atoms with Crippen molar-refractivity contribution < 1.29 is 4.79 Å². The summed E-state index contributed by atoms with van der Waals surface area (Å²) in [6.45, 7) is 2.61. The SMILES string of the molecule is Cc1ccc(CNC(=O)c2ccc(Br)nc2)s1. The van der Waals surface area contributed by atoms with Gasteiger partial charge in [0.1, 0.15) is 4.60 Å². The Morgan fingerprint density at radius 1 is 1.41 bits per heavy atom. The number of nitrogens with one attached hydrogen (secondary N) is 1. The van der Waals surface area contributed by atoms with Gasteiger partial charge in [0.15, 0.2) is 0 Å². The third-order valence-corrected chi connectivity index (χ3v) is 3.68. The molecular weight excluding hydrogens is 300 g/mol. The maximum Gasteiger partial charge on any atom is 0.253 e. The summed E-state index contributed by atoms with van der Waals surface area (Å²) in [6, 6.07) is 7.57. The number of carbonyl (C=O) groups excluding carboxylic acids is 1. The average Bonchev–Trinajstić information content (AvgIpc) is 2.73. The van der Waals surface area contributed by atoms with Gasteiger partial charge in [-0.2, -0.15) is 0 Å². The topological polar surface area (TPSA) is 42.0 Å². The molecule has 0 aliphatic heterocycles. The molecule has 2 aromatic rings. The molecule has 5 heteroatoms. The second-order valence-corrected chi connectivity index (χ2v) is 5.75. The minimum absolute atomic E-state index is 0.101. The van der Waals surface area contributed by atoms with Gasteiger partial charge in [-0.15, -0.1) is 11.3 Å². The lowest BCUT2D eigenvalue weighted by Crippen LogP contribution is -2.22. The summed E-state index contributed by atoms with van der Waals surface area (Å²) in [5, 5.41) is 2.86. The molecular formula is C12H11BrN2OS. The molecule has 2 heterocycles. The number of pyridine rings is 1. The number of aromatic nitrogens is 1. The van der Waals surface area contributed by atoms with E-state index in [0.717, 1.165) is 9.48 Å². The summed E-state index contributed by atoms with van der Waals surface area (Å²) < 4.78 is 0.725. The van der Waals surface area contributed by atoms with Gasteiger partial charge in [0.05, 0.1) is 12.1 Å². The standard InChI is InChI=1S/C12H11BrN2OS/c1-8-2-4-10(17-8)7-15-12(16)9-3-5-11(13)14-6-9/h2-6H,7H2,1H3,(H,15,16). The number of amides is 1. The van der Waals surface area contributed by atoms with Gasteiger partial charge in [0.2, 0.25) is 0 Å². The van der Waals surface area contributed by atoms with Gasteiger partial charge in [-0.05, 0) is 47.1 Å². The van der Waals surface area contributed by atoms with Gasteiger partial charge in [-0.3, -0.25) is 4.79 Å². The van der Waals surface area contributed by atoms with Crippen LogP contribution in [0.25, 0.3) is 0 Å². The Morgan fingerprint density at radius 2 is 2.24 bits per heavy atom. The van der Waals surface area contributed by atoms with Crippen LogP contribution < -0.4 is 5.32 Å². The fourth-order valence-corrected chi connectivity index (χ4v) is 2.42. The van der Waals surface area contributed by atoms with Crippen LogP contribution in [-0.4, -0.2) is 10.9 Å². The molecule has 0 unspecified atom stereocenters. The van der Waals surface area contributed by atoms with Crippen LogP contribution in [0.15, 0.2) is 35.1 Å². The van der Waals surface area contributed by atoms with Crippen LogP contribution in [0.3, 0.4) is 0 Å². The molecule has 0 saturated heterocycles. The van der Waals surface area contributed by atoms with E-state index in [0.29, 0.717) is 12.1 Å². The predicted molar refractivity (Wildman–Crippen MR) is 72.2 cm³/mol. The number of carbonyl (C=O) groups is 1. The normalized spacial score (nSPS) is 10.2. The number of rotatable bonds is 3. The molecule has 0 saturated carbocycles. The van der Waals surface area contributed by atoms with Crippen molar-refractivity contribution in [3.8, 4) is 0 Å². The Hall–Kier alpha value is -1.20. The van der Waals surface area contributed by atoms with Gasteiger partial charge < -0.3 is 5.32 Å². The van der Waals surface area contributed by atoms with Crippen LogP contribution in [0.5, 0.6) is 0 Å². The highest BCUT2D eigenvalue weighted by molar-refractivity contribution is 9.10. The number of halogens is 1. The van der Waals surface area contributed by atoms with E-state index in [-0.39, 0.29) is 5.91 Å². The Balaban J connectivity index is 1.95. The smallest absolute Gasteiger partial charge is 0.253 e. The van der Waals surface area contributed by atoms with Gasteiger partial charge in [-0.1, -0.05) is 0 Å². The van der Waals surface area contributed by atoms with Gasteiger partial charge in [0.25, 0.3) is 5.91 Å². The molecule has 0 aliphatic rings. The number of hydrogen-bond donors (Lipinski definition) is 1. The molecule has 0 spiro atoms. The molecule has 88 valence electrons. The molecule has 0 aromatic carbocycles. The van der Waals surface area contributed by atoms with Crippen LogP contribution in [0.1, 0.15) is 20.1 Å². The van der Waals surface area contributed by atoms with Crippen molar-refractivity contribution in [1.82, 2.24) is 10.3 Å².